The van der Waals surface area contributed by atoms with Crippen LogP contribution in [-0.4, -0.2) is 22.2 Å². The zero-order valence-corrected chi connectivity index (χ0v) is 14.3. The normalized spacial score (nSPS) is 14.3. The lowest BCUT2D eigenvalue weighted by atomic mass is 10.2. The van der Waals surface area contributed by atoms with Gasteiger partial charge in [-0.2, -0.15) is 5.10 Å². The van der Waals surface area contributed by atoms with E-state index < -0.39 is 11.6 Å². The maximum atomic E-state index is 13.0. The summed E-state index contributed by atoms with van der Waals surface area (Å²) in [5, 5.41) is 4.31. The number of anilines is 2. The van der Waals surface area contributed by atoms with E-state index in [1.54, 1.807) is 24.0 Å². The van der Waals surface area contributed by atoms with Gasteiger partial charge < -0.3 is 15.1 Å². The summed E-state index contributed by atoms with van der Waals surface area (Å²) in [5.41, 5.74) is 7.80. The third-order valence-electron chi connectivity index (χ3n) is 4.61. The Morgan fingerprint density at radius 1 is 1.27 bits per heavy atom. The van der Waals surface area contributed by atoms with E-state index in [0.717, 1.165) is 22.4 Å². The molecule has 7 nitrogen and oxygen atoms in total. The number of hydrogen-bond donors (Lipinski definition) is 1. The van der Waals surface area contributed by atoms with Crippen LogP contribution in [0.25, 0.3) is 11.5 Å². The van der Waals surface area contributed by atoms with E-state index in [2.05, 4.69) is 5.10 Å². The molecule has 3 heterocycles. The van der Waals surface area contributed by atoms with Gasteiger partial charge in [-0.25, -0.2) is 4.68 Å². The molecule has 1 aliphatic heterocycles. The summed E-state index contributed by atoms with van der Waals surface area (Å²) in [6.07, 6.45) is 2.31. The van der Waals surface area contributed by atoms with Crippen molar-refractivity contribution in [2.24, 2.45) is 0 Å². The molecule has 0 saturated carbocycles. The van der Waals surface area contributed by atoms with Gasteiger partial charge in [0.1, 0.15) is 17.4 Å². The first-order chi connectivity index (χ1) is 12.6. The fraction of sp³-hybridized carbons (Fsp3) is 0.211. The molecule has 0 saturated heterocycles. The summed E-state index contributed by atoms with van der Waals surface area (Å²) in [5.74, 6) is 0.289. The number of benzene rings is 1. The van der Waals surface area contributed by atoms with Crippen molar-refractivity contribution in [1.29, 1.82) is 0 Å². The van der Waals surface area contributed by atoms with Crippen LogP contribution in [0.2, 0.25) is 0 Å². The maximum absolute atomic E-state index is 13.0. The van der Waals surface area contributed by atoms with Crippen LogP contribution in [0.5, 0.6) is 0 Å². The maximum Gasteiger partial charge on any atom is 0.290 e. The Hall–Kier alpha value is -3.35. The zero-order valence-electron chi connectivity index (χ0n) is 14.3. The van der Waals surface area contributed by atoms with Crippen LogP contribution < -0.4 is 16.2 Å². The van der Waals surface area contributed by atoms with Crippen molar-refractivity contribution in [3.63, 3.8) is 0 Å². The van der Waals surface area contributed by atoms with Crippen LogP contribution in [0.4, 0.5) is 11.4 Å². The fourth-order valence-electron chi connectivity index (χ4n) is 3.24. The second-order valence-corrected chi connectivity index (χ2v) is 6.26. The van der Waals surface area contributed by atoms with E-state index in [-0.39, 0.29) is 11.6 Å². The molecule has 0 fully saturated rings. The Bertz CT molecular complexity index is 1020. The number of hydrogen-bond acceptors (Lipinski definition) is 5. The van der Waals surface area contributed by atoms with Gasteiger partial charge in [-0.15, -0.1) is 0 Å². The van der Waals surface area contributed by atoms with Gasteiger partial charge in [0.25, 0.3) is 11.5 Å². The molecular weight excluding hydrogens is 332 g/mol. The Kier molecular flexibility index (Phi) is 3.84. The predicted molar refractivity (Wildman–Crippen MR) is 97.8 cm³/mol. The summed E-state index contributed by atoms with van der Waals surface area (Å²) in [7, 11) is 0. The van der Waals surface area contributed by atoms with Crippen molar-refractivity contribution in [3.8, 4) is 11.5 Å². The van der Waals surface area contributed by atoms with Crippen LogP contribution in [0, 0.1) is 0 Å². The molecule has 1 unspecified atom stereocenters. The number of para-hydroxylation sites is 1. The van der Waals surface area contributed by atoms with Gasteiger partial charge in [0.15, 0.2) is 5.76 Å². The van der Waals surface area contributed by atoms with Gasteiger partial charge in [0, 0.05) is 12.2 Å². The molecule has 3 aromatic rings. The largest absolute Gasteiger partial charge is 0.463 e. The Morgan fingerprint density at radius 3 is 2.85 bits per heavy atom. The Morgan fingerprint density at radius 2 is 2.08 bits per heavy atom. The highest BCUT2D eigenvalue weighted by atomic mass is 16.3. The van der Waals surface area contributed by atoms with Gasteiger partial charge in [0.05, 0.1) is 6.26 Å². The smallest absolute Gasteiger partial charge is 0.290 e. The van der Waals surface area contributed by atoms with Gasteiger partial charge >= 0.3 is 0 Å². The summed E-state index contributed by atoms with van der Waals surface area (Å²) >= 11 is 0. The van der Waals surface area contributed by atoms with Crippen LogP contribution in [0.1, 0.15) is 18.5 Å². The van der Waals surface area contributed by atoms with E-state index in [0.29, 0.717) is 18.0 Å². The van der Waals surface area contributed by atoms with E-state index >= 15 is 0 Å². The summed E-state index contributed by atoms with van der Waals surface area (Å²) in [4.78, 5) is 27.2. The number of furan rings is 1. The average Bonchev–Trinajstić information content (AvgIpc) is 3.32. The van der Waals surface area contributed by atoms with E-state index in [4.69, 9.17) is 10.2 Å². The molecule has 1 atom stereocenters. The molecule has 2 aromatic heterocycles. The lowest BCUT2D eigenvalue weighted by Gasteiger charge is -2.22. The minimum atomic E-state index is -0.786. The number of nitrogens with zero attached hydrogens (tertiary/aromatic N) is 3. The molecule has 0 aliphatic carbocycles. The summed E-state index contributed by atoms with van der Waals surface area (Å²) in [6, 6.07) is 11.9. The number of carbonyl (C=O) groups is 1. The first kappa shape index (κ1) is 16.1. The first-order valence-corrected chi connectivity index (χ1v) is 8.39. The standard InChI is InChI=1S/C19H18N4O3/c1-12(18(24)22-9-8-13-5-2-3-6-16(13)22)23-19(25)14(20)11-15(21-23)17-7-4-10-26-17/h2-7,10-12H,8-9,20H2,1H3. The second-order valence-electron chi connectivity index (χ2n) is 6.26. The Balaban J connectivity index is 1.71. The van der Waals surface area contributed by atoms with Crippen LogP contribution in [0.3, 0.4) is 0 Å². The fourth-order valence-corrected chi connectivity index (χ4v) is 3.24. The second kappa shape index (κ2) is 6.18. The monoisotopic (exact) mass is 350 g/mol. The highest BCUT2D eigenvalue weighted by Gasteiger charge is 2.30. The van der Waals surface area contributed by atoms with E-state index in [1.807, 2.05) is 24.3 Å². The third-order valence-corrected chi connectivity index (χ3v) is 4.61. The van der Waals surface area contributed by atoms with Crippen molar-refractivity contribution in [2.45, 2.75) is 19.4 Å². The number of nitrogen functional groups attached to an aromatic ring is 1. The third kappa shape index (κ3) is 2.57. The molecule has 7 heteroatoms. The highest BCUT2D eigenvalue weighted by Crippen LogP contribution is 2.29. The van der Waals surface area contributed by atoms with E-state index in [1.165, 1.54) is 12.3 Å². The predicted octanol–water partition coefficient (Wildman–Crippen LogP) is 2.24. The topological polar surface area (TPSA) is 94.4 Å². The molecule has 132 valence electrons. The molecule has 0 radical (unpaired) electrons. The average molecular weight is 350 g/mol. The minimum absolute atomic E-state index is 0.0212. The van der Waals surface area contributed by atoms with Gasteiger partial charge in [-0.05, 0) is 43.2 Å². The van der Waals surface area contributed by atoms with Crippen molar-refractivity contribution in [3.05, 3.63) is 64.6 Å². The Labute approximate surface area is 149 Å². The van der Waals surface area contributed by atoms with Gasteiger partial charge in [0.2, 0.25) is 0 Å². The zero-order chi connectivity index (χ0) is 18.3. The van der Waals surface area contributed by atoms with Crippen LogP contribution in [-0.2, 0) is 11.2 Å². The van der Waals surface area contributed by atoms with Crippen molar-refractivity contribution in [1.82, 2.24) is 9.78 Å². The first-order valence-electron chi connectivity index (χ1n) is 8.39. The molecule has 2 N–H and O–H groups in total. The van der Waals surface area contributed by atoms with Gasteiger partial charge in [-0.3, -0.25) is 9.59 Å². The quantitative estimate of drug-likeness (QED) is 0.782. The van der Waals surface area contributed by atoms with Crippen molar-refractivity contribution in [2.75, 3.05) is 17.2 Å². The summed E-state index contributed by atoms with van der Waals surface area (Å²) in [6.45, 7) is 2.24. The SMILES string of the molecule is CC(C(=O)N1CCc2ccccc21)n1nc(-c2ccco2)cc(N)c1=O. The lowest BCUT2D eigenvalue weighted by molar-refractivity contribution is -0.121. The van der Waals surface area contributed by atoms with Crippen molar-refractivity contribution >= 4 is 17.3 Å². The number of rotatable bonds is 3. The number of aromatic nitrogens is 2. The molecular formula is C19H18N4O3. The molecule has 0 bridgehead atoms. The van der Waals surface area contributed by atoms with Gasteiger partial charge in [-0.1, -0.05) is 18.2 Å². The number of carbonyl (C=O) groups excluding carboxylic acids is 1. The molecule has 26 heavy (non-hydrogen) atoms. The van der Waals surface area contributed by atoms with E-state index in [9.17, 15) is 9.59 Å². The number of fused-ring (bicyclic) bond motifs is 1. The van der Waals surface area contributed by atoms with Crippen LogP contribution in [0.15, 0.2) is 57.9 Å². The lowest BCUT2D eigenvalue weighted by Crippen LogP contribution is -2.40. The molecule has 4 rings (SSSR count). The molecule has 0 spiro atoms. The molecule has 1 amide bonds. The highest BCUT2D eigenvalue weighted by molar-refractivity contribution is 5.97. The van der Waals surface area contributed by atoms with Crippen molar-refractivity contribution < 1.29 is 9.21 Å². The molecule has 1 aromatic carbocycles. The molecule has 1 aliphatic rings. The van der Waals surface area contributed by atoms with Crippen LogP contribution >= 0.6 is 0 Å². The number of nitrogens with two attached hydrogens (primary N) is 1. The number of amides is 1. The minimum Gasteiger partial charge on any atom is -0.463 e. The summed E-state index contributed by atoms with van der Waals surface area (Å²) < 4.78 is 6.46.